The number of carbonyl (C=O) groups is 2. The summed E-state index contributed by atoms with van der Waals surface area (Å²) >= 11 is 0. The van der Waals surface area contributed by atoms with Crippen molar-refractivity contribution in [3.05, 3.63) is 34.7 Å². The van der Waals surface area contributed by atoms with Gasteiger partial charge in [0.1, 0.15) is 12.1 Å². The normalized spacial score (nSPS) is 13.8. The Hall–Kier alpha value is -2.57. The Labute approximate surface area is 120 Å². The second-order valence-corrected chi connectivity index (χ2v) is 5.07. The fourth-order valence-electron chi connectivity index (χ4n) is 2.05. The van der Waals surface area contributed by atoms with Crippen molar-refractivity contribution in [3.63, 3.8) is 0 Å². The molecule has 2 rings (SSSR count). The lowest BCUT2D eigenvalue weighted by Gasteiger charge is -2.24. The summed E-state index contributed by atoms with van der Waals surface area (Å²) in [5, 5.41) is 11.6. The van der Waals surface area contributed by atoms with E-state index in [0.717, 1.165) is 0 Å². The lowest BCUT2D eigenvalue weighted by molar-refractivity contribution is -0.147. The number of carbonyl (C=O) groups excluding carboxylic acids is 1. The number of nitrogens with zero attached hydrogens (tertiary/aromatic N) is 1. The van der Waals surface area contributed by atoms with Crippen LogP contribution >= 0.6 is 0 Å². The van der Waals surface area contributed by atoms with Crippen LogP contribution in [0, 0.1) is 0 Å². The van der Waals surface area contributed by atoms with Crippen molar-refractivity contribution in [2.24, 2.45) is 0 Å². The van der Waals surface area contributed by atoms with Crippen LogP contribution in [0.15, 0.2) is 29.1 Å². The lowest BCUT2D eigenvalue weighted by atomic mass is 9.99. The zero-order chi connectivity index (χ0) is 15.6. The van der Waals surface area contributed by atoms with E-state index in [0.29, 0.717) is 11.0 Å². The highest BCUT2D eigenvalue weighted by Crippen LogP contribution is 2.11. The molecule has 0 spiro atoms. The Morgan fingerprint density at radius 2 is 2.05 bits per heavy atom. The lowest BCUT2D eigenvalue weighted by Crippen LogP contribution is -2.52. The first-order valence-electron chi connectivity index (χ1n) is 6.59. The summed E-state index contributed by atoms with van der Waals surface area (Å²) in [7, 11) is 0. The van der Waals surface area contributed by atoms with Crippen molar-refractivity contribution in [1.29, 1.82) is 0 Å². The fraction of sp³-hybridized carbons (Fsp3) is 0.357. The fourth-order valence-corrected chi connectivity index (χ4v) is 2.05. The molecule has 2 aromatic rings. The van der Waals surface area contributed by atoms with E-state index in [1.54, 1.807) is 31.2 Å². The first kappa shape index (κ1) is 14.8. The van der Waals surface area contributed by atoms with Gasteiger partial charge in [0.25, 0.3) is 0 Å². The van der Waals surface area contributed by atoms with Gasteiger partial charge in [-0.15, -0.1) is 0 Å². The van der Waals surface area contributed by atoms with E-state index < -0.39 is 23.1 Å². The molecule has 1 aromatic heterocycles. The zero-order valence-electron chi connectivity index (χ0n) is 11.8. The van der Waals surface area contributed by atoms with E-state index in [2.05, 4.69) is 10.3 Å². The molecule has 0 aliphatic heterocycles. The summed E-state index contributed by atoms with van der Waals surface area (Å²) in [4.78, 5) is 37.7. The summed E-state index contributed by atoms with van der Waals surface area (Å²) in [6.45, 7) is 2.88. The molecule has 0 aliphatic rings. The second kappa shape index (κ2) is 5.43. The van der Waals surface area contributed by atoms with E-state index in [1.165, 1.54) is 11.5 Å². The molecule has 21 heavy (non-hydrogen) atoms. The van der Waals surface area contributed by atoms with Gasteiger partial charge in [-0.3, -0.25) is 9.36 Å². The van der Waals surface area contributed by atoms with Crippen LogP contribution in [0.1, 0.15) is 20.3 Å². The van der Waals surface area contributed by atoms with Gasteiger partial charge in [-0.25, -0.2) is 9.59 Å². The molecular formula is C14H17N3O4. The summed E-state index contributed by atoms with van der Waals surface area (Å²) in [5.74, 6) is -1.63. The zero-order valence-corrected chi connectivity index (χ0v) is 11.8. The van der Waals surface area contributed by atoms with Gasteiger partial charge in [-0.1, -0.05) is 19.1 Å². The number of para-hydroxylation sites is 2. The van der Waals surface area contributed by atoms with Crippen LogP contribution in [0.4, 0.5) is 0 Å². The van der Waals surface area contributed by atoms with E-state index in [-0.39, 0.29) is 13.0 Å². The number of carboxylic acids is 1. The topological polar surface area (TPSA) is 104 Å². The number of amides is 1. The van der Waals surface area contributed by atoms with Crippen LogP contribution in [0.3, 0.4) is 0 Å². The Bertz CT molecular complexity index is 746. The van der Waals surface area contributed by atoms with Gasteiger partial charge in [0.2, 0.25) is 5.91 Å². The average molecular weight is 291 g/mol. The predicted octanol–water partition coefficient (Wildman–Crippen LogP) is 0.699. The molecule has 0 bridgehead atoms. The molecule has 3 N–H and O–H groups in total. The average Bonchev–Trinajstić information content (AvgIpc) is 2.75. The molecule has 1 amide bonds. The molecule has 1 aromatic carbocycles. The molecule has 0 fully saturated rings. The third-order valence-corrected chi connectivity index (χ3v) is 3.58. The van der Waals surface area contributed by atoms with Crippen molar-refractivity contribution in [3.8, 4) is 0 Å². The Balaban J connectivity index is 2.25. The van der Waals surface area contributed by atoms with E-state index >= 15 is 0 Å². The number of hydrogen-bond acceptors (Lipinski definition) is 3. The molecule has 112 valence electrons. The van der Waals surface area contributed by atoms with Crippen LogP contribution in [0.25, 0.3) is 11.0 Å². The molecule has 1 unspecified atom stereocenters. The number of nitrogens with one attached hydrogen (secondary N) is 2. The number of H-pyrrole nitrogens is 1. The molecular weight excluding hydrogens is 274 g/mol. The molecule has 7 heteroatoms. The Kier molecular flexibility index (Phi) is 3.84. The molecule has 0 aliphatic carbocycles. The van der Waals surface area contributed by atoms with Crippen molar-refractivity contribution in [2.75, 3.05) is 0 Å². The largest absolute Gasteiger partial charge is 0.480 e. The van der Waals surface area contributed by atoms with E-state index in [4.69, 9.17) is 5.11 Å². The molecule has 0 radical (unpaired) electrons. The van der Waals surface area contributed by atoms with Crippen LogP contribution in [0.2, 0.25) is 0 Å². The highest BCUT2D eigenvalue weighted by atomic mass is 16.4. The molecule has 7 nitrogen and oxygen atoms in total. The van der Waals surface area contributed by atoms with E-state index in [9.17, 15) is 14.4 Å². The standard InChI is InChI=1S/C14H17N3O4/c1-3-14(2,12(19)20)16-11(18)8-17-10-7-5-4-6-9(10)15-13(17)21/h4-7H,3,8H2,1-2H3,(H,15,21)(H,16,18)(H,19,20). The molecule has 1 atom stereocenters. The maximum absolute atomic E-state index is 12.0. The van der Waals surface area contributed by atoms with Crippen LogP contribution in [-0.4, -0.2) is 32.1 Å². The van der Waals surface area contributed by atoms with Gasteiger partial charge in [-0.05, 0) is 25.5 Å². The minimum atomic E-state index is -1.34. The first-order valence-corrected chi connectivity index (χ1v) is 6.59. The highest BCUT2D eigenvalue weighted by molar-refractivity contribution is 5.87. The quantitative estimate of drug-likeness (QED) is 0.754. The number of aromatic amines is 1. The third-order valence-electron chi connectivity index (χ3n) is 3.58. The summed E-state index contributed by atoms with van der Waals surface area (Å²) in [6, 6.07) is 6.99. The van der Waals surface area contributed by atoms with Gasteiger partial charge in [0.15, 0.2) is 0 Å². The maximum atomic E-state index is 12.0. The number of benzene rings is 1. The maximum Gasteiger partial charge on any atom is 0.329 e. The van der Waals surface area contributed by atoms with E-state index in [1.807, 2.05) is 0 Å². The van der Waals surface area contributed by atoms with Crippen LogP contribution in [0.5, 0.6) is 0 Å². The predicted molar refractivity (Wildman–Crippen MR) is 77.0 cm³/mol. The van der Waals surface area contributed by atoms with Gasteiger partial charge in [-0.2, -0.15) is 0 Å². The van der Waals surface area contributed by atoms with Crippen molar-refractivity contribution in [1.82, 2.24) is 14.9 Å². The number of aromatic nitrogens is 2. The second-order valence-electron chi connectivity index (χ2n) is 5.07. The summed E-state index contributed by atoms with van der Waals surface area (Å²) < 4.78 is 1.28. The Morgan fingerprint density at radius 3 is 2.67 bits per heavy atom. The van der Waals surface area contributed by atoms with Crippen molar-refractivity contribution in [2.45, 2.75) is 32.4 Å². The third kappa shape index (κ3) is 2.81. The minimum absolute atomic E-state index is 0.230. The van der Waals surface area contributed by atoms with Crippen LogP contribution < -0.4 is 11.0 Å². The van der Waals surface area contributed by atoms with Gasteiger partial charge in [0, 0.05) is 0 Å². The van der Waals surface area contributed by atoms with Gasteiger partial charge in [0.05, 0.1) is 11.0 Å². The van der Waals surface area contributed by atoms with Crippen molar-refractivity contribution < 1.29 is 14.7 Å². The van der Waals surface area contributed by atoms with Gasteiger partial charge >= 0.3 is 11.7 Å². The molecule has 0 saturated carbocycles. The molecule has 1 heterocycles. The number of rotatable bonds is 5. The van der Waals surface area contributed by atoms with Crippen molar-refractivity contribution >= 4 is 22.9 Å². The molecule has 0 saturated heterocycles. The summed E-state index contributed by atoms with van der Waals surface area (Å²) in [5.41, 5.74) is -0.509. The van der Waals surface area contributed by atoms with Crippen LogP contribution in [-0.2, 0) is 16.1 Å². The number of carboxylic acid groups (broad SMARTS) is 1. The summed E-state index contributed by atoms with van der Waals surface area (Å²) in [6.07, 6.45) is 0.247. The Morgan fingerprint density at radius 1 is 1.38 bits per heavy atom. The number of aliphatic carboxylic acids is 1. The number of fused-ring (bicyclic) bond motifs is 1. The minimum Gasteiger partial charge on any atom is -0.480 e. The number of imidazole rings is 1. The monoisotopic (exact) mass is 291 g/mol. The highest BCUT2D eigenvalue weighted by Gasteiger charge is 2.32. The van der Waals surface area contributed by atoms with Gasteiger partial charge < -0.3 is 15.4 Å². The SMILES string of the molecule is CCC(C)(NC(=O)Cn1c(=O)[nH]c2ccccc21)C(=O)O. The smallest absolute Gasteiger partial charge is 0.329 e. The number of hydrogen-bond donors (Lipinski definition) is 3. The first-order chi connectivity index (χ1) is 9.87.